The highest BCUT2D eigenvalue weighted by molar-refractivity contribution is 5.91. The van der Waals surface area contributed by atoms with Crippen molar-refractivity contribution < 1.29 is 40.6 Å². The standard InChI is InChI=1S/C30H28F6N2O3/c1-17(2)23-16-37-26-12-11-21(15-22(23)26)41-28-24(29(31,32)33)13-19(14-25(28)30(34,35)36)38-27(39)6-4-5-18-7-9-20(40-3)10-8-18/h7-17,37H,4-6H2,1-3H3,(H,38,39). The molecule has 0 aliphatic heterocycles. The Morgan fingerprint density at radius 2 is 1.51 bits per heavy atom. The molecule has 0 aliphatic rings. The van der Waals surface area contributed by atoms with E-state index in [1.807, 2.05) is 13.8 Å². The van der Waals surface area contributed by atoms with Gasteiger partial charge in [-0.3, -0.25) is 4.79 Å². The third-order valence-electron chi connectivity index (χ3n) is 6.54. The van der Waals surface area contributed by atoms with E-state index < -0.39 is 40.8 Å². The molecule has 0 saturated heterocycles. The third kappa shape index (κ3) is 7.14. The average Bonchev–Trinajstić information content (AvgIpc) is 3.32. The van der Waals surface area contributed by atoms with Crippen LogP contribution in [-0.2, 0) is 23.6 Å². The summed E-state index contributed by atoms with van der Waals surface area (Å²) in [5, 5.41) is 2.81. The number of fused-ring (bicyclic) bond motifs is 1. The van der Waals surface area contributed by atoms with E-state index in [0.717, 1.165) is 11.1 Å². The number of methoxy groups -OCH3 is 1. The highest BCUT2D eigenvalue weighted by Crippen LogP contribution is 2.47. The number of aromatic nitrogens is 1. The number of carbonyl (C=O) groups excluding carboxylic acids is 1. The van der Waals surface area contributed by atoms with Crippen molar-refractivity contribution in [2.45, 2.75) is 51.4 Å². The zero-order chi connectivity index (χ0) is 29.9. The van der Waals surface area contributed by atoms with E-state index in [1.165, 1.54) is 25.3 Å². The van der Waals surface area contributed by atoms with Crippen LogP contribution in [0.1, 0.15) is 54.9 Å². The minimum atomic E-state index is -5.20. The number of aryl methyl sites for hydroxylation is 1. The number of H-pyrrole nitrogens is 1. The first kappa shape index (κ1) is 29.8. The summed E-state index contributed by atoms with van der Waals surface area (Å²) in [6.45, 7) is 3.82. The van der Waals surface area contributed by atoms with Gasteiger partial charge in [0, 0.05) is 29.2 Å². The van der Waals surface area contributed by atoms with Crippen LogP contribution >= 0.6 is 0 Å². The van der Waals surface area contributed by atoms with Gasteiger partial charge >= 0.3 is 12.4 Å². The highest BCUT2D eigenvalue weighted by Gasteiger charge is 2.43. The maximum atomic E-state index is 14.1. The van der Waals surface area contributed by atoms with Crippen LogP contribution in [0.15, 0.2) is 60.8 Å². The number of halogens is 6. The van der Waals surface area contributed by atoms with Crippen LogP contribution in [0, 0.1) is 0 Å². The van der Waals surface area contributed by atoms with Gasteiger partial charge in [-0.25, -0.2) is 0 Å². The number of amides is 1. The lowest BCUT2D eigenvalue weighted by atomic mass is 10.0. The molecule has 1 amide bonds. The minimum Gasteiger partial charge on any atom is -0.497 e. The summed E-state index contributed by atoms with van der Waals surface area (Å²) in [7, 11) is 1.52. The fraction of sp³-hybridized carbons (Fsp3) is 0.300. The van der Waals surface area contributed by atoms with Crippen LogP contribution < -0.4 is 14.8 Å². The molecular formula is C30H28F6N2O3. The number of hydrogen-bond donors (Lipinski definition) is 2. The van der Waals surface area contributed by atoms with Crippen molar-refractivity contribution >= 4 is 22.5 Å². The number of aromatic amines is 1. The van der Waals surface area contributed by atoms with Crippen LogP contribution in [0.5, 0.6) is 17.2 Å². The molecule has 0 bridgehead atoms. The molecule has 0 unspecified atom stereocenters. The number of carbonyl (C=O) groups is 1. The van der Waals surface area contributed by atoms with Crippen LogP contribution in [-0.4, -0.2) is 18.0 Å². The van der Waals surface area contributed by atoms with Crippen molar-refractivity contribution in [2.75, 3.05) is 12.4 Å². The van der Waals surface area contributed by atoms with Crippen molar-refractivity contribution in [1.29, 1.82) is 0 Å². The van der Waals surface area contributed by atoms with E-state index in [-0.39, 0.29) is 18.1 Å². The van der Waals surface area contributed by atoms with Crippen LogP contribution in [0.4, 0.5) is 32.0 Å². The van der Waals surface area contributed by atoms with Gasteiger partial charge < -0.3 is 19.8 Å². The predicted molar refractivity (Wildman–Crippen MR) is 143 cm³/mol. The molecule has 11 heteroatoms. The lowest BCUT2D eigenvalue weighted by molar-refractivity contribution is -0.145. The maximum Gasteiger partial charge on any atom is 0.420 e. The molecule has 5 nitrogen and oxygen atoms in total. The first-order chi connectivity index (χ1) is 19.3. The maximum absolute atomic E-state index is 14.1. The Morgan fingerprint density at radius 3 is 2.07 bits per heavy atom. The second-order valence-corrected chi connectivity index (χ2v) is 9.85. The Bertz CT molecular complexity index is 1490. The smallest absolute Gasteiger partial charge is 0.420 e. The van der Waals surface area contributed by atoms with Crippen molar-refractivity contribution in [3.05, 3.63) is 83.0 Å². The number of ether oxygens (including phenoxy) is 2. The summed E-state index contributed by atoms with van der Waals surface area (Å²) >= 11 is 0. The van der Waals surface area contributed by atoms with Gasteiger partial charge in [0.25, 0.3) is 0 Å². The normalized spacial score (nSPS) is 12.1. The molecule has 2 N–H and O–H groups in total. The van der Waals surface area contributed by atoms with Gasteiger partial charge in [0.05, 0.1) is 7.11 Å². The van der Waals surface area contributed by atoms with E-state index in [9.17, 15) is 31.1 Å². The molecule has 0 radical (unpaired) electrons. The number of anilines is 1. The third-order valence-corrected chi connectivity index (χ3v) is 6.54. The molecule has 41 heavy (non-hydrogen) atoms. The van der Waals surface area contributed by atoms with Crippen molar-refractivity contribution in [3.63, 3.8) is 0 Å². The predicted octanol–water partition coefficient (Wildman–Crippen LogP) is 9.09. The number of benzene rings is 3. The van der Waals surface area contributed by atoms with Gasteiger partial charge in [-0.05, 0) is 72.4 Å². The molecule has 1 aromatic heterocycles. The van der Waals surface area contributed by atoms with Crippen molar-refractivity contribution in [1.82, 2.24) is 4.98 Å². The average molecular weight is 579 g/mol. The first-order valence-electron chi connectivity index (χ1n) is 12.8. The highest BCUT2D eigenvalue weighted by atomic mass is 19.4. The van der Waals surface area contributed by atoms with Crippen LogP contribution in [0.2, 0.25) is 0 Å². The molecule has 0 aliphatic carbocycles. The van der Waals surface area contributed by atoms with Gasteiger partial charge in [-0.2, -0.15) is 26.3 Å². The SMILES string of the molecule is COc1ccc(CCCC(=O)Nc2cc(C(F)(F)F)c(Oc3ccc4[nH]cc(C(C)C)c4c3)c(C(F)(F)F)c2)cc1. The molecule has 0 atom stereocenters. The van der Waals surface area contributed by atoms with Gasteiger partial charge in [0.15, 0.2) is 5.75 Å². The lowest BCUT2D eigenvalue weighted by Gasteiger charge is -2.21. The summed E-state index contributed by atoms with van der Waals surface area (Å²) in [6.07, 6.45) is -7.97. The summed E-state index contributed by atoms with van der Waals surface area (Å²) in [6, 6.07) is 12.2. The van der Waals surface area contributed by atoms with Gasteiger partial charge in [-0.15, -0.1) is 0 Å². The number of alkyl halides is 6. The lowest BCUT2D eigenvalue weighted by Crippen LogP contribution is -2.17. The Balaban J connectivity index is 1.61. The second-order valence-electron chi connectivity index (χ2n) is 9.85. The molecule has 3 aromatic carbocycles. The van der Waals surface area contributed by atoms with E-state index in [2.05, 4.69) is 10.3 Å². The van der Waals surface area contributed by atoms with Gasteiger partial charge in [0.2, 0.25) is 5.91 Å². The molecule has 0 saturated carbocycles. The summed E-state index contributed by atoms with van der Waals surface area (Å²) in [4.78, 5) is 15.5. The fourth-order valence-electron chi connectivity index (χ4n) is 4.48. The van der Waals surface area contributed by atoms with Gasteiger partial charge in [-0.1, -0.05) is 26.0 Å². The molecule has 218 valence electrons. The fourth-order valence-corrected chi connectivity index (χ4v) is 4.48. The van der Waals surface area contributed by atoms with Crippen LogP contribution in [0.3, 0.4) is 0 Å². The van der Waals surface area contributed by atoms with Crippen LogP contribution in [0.25, 0.3) is 10.9 Å². The minimum absolute atomic E-state index is 0.0505. The quantitative estimate of drug-likeness (QED) is 0.195. The second kappa shape index (κ2) is 11.8. The Labute approximate surface area is 232 Å². The monoisotopic (exact) mass is 578 g/mol. The molecule has 4 rings (SSSR count). The zero-order valence-electron chi connectivity index (χ0n) is 22.5. The number of nitrogens with one attached hydrogen (secondary N) is 2. The van der Waals surface area contributed by atoms with E-state index >= 15 is 0 Å². The molecular weight excluding hydrogens is 550 g/mol. The molecule has 0 fully saturated rings. The first-order valence-corrected chi connectivity index (χ1v) is 12.8. The Hall–Kier alpha value is -4.15. The molecule has 0 spiro atoms. The topological polar surface area (TPSA) is 63.4 Å². The largest absolute Gasteiger partial charge is 0.497 e. The van der Waals surface area contributed by atoms with Crippen molar-refractivity contribution in [3.8, 4) is 17.2 Å². The molecule has 4 aromatic rings. The number of rotatable bonds is 9. The van der Waals surface area contributed by atoms with E-state index in [0.29, 0.717) is 41.6 Å². The number of hydrogen-bond acceptors (Lipinski definition) is 3. The summed E-state index contributed by atoms with van der Waals surface area (Å²) < 4.78 is 94.9. The Kier molecular flexibility index (Phi) is 8.55. The van der Waals surface area contributed by atoms with E-state index in [1.54, 1.807) is 30.5 Å². The summed E-state index contributed by atoms with van der Waals surface area (Å²) in [5.41, 5.74) is -1.54. The molecule has 1 heterocycles. The van der Waals surface area contributed by atoms with Gasteiger partial charge in [0.1, 0.15) is 22.6 Å². The van der Waals surface area contributed by atoms with Crippen molar-refractivity contribution in [2.24, 2.45) is 0 Å². The zero-order valence-corrected chi connectivity index (χ0v) is 22.5. The summed E-state index contributed by atoms with van der Waals surface area (Å²) in [5.74, 6) is -1.58. The van der Waals surface area contributed by atoms with E-state index in [4.69, 9.17) is 9.47 Å². The Morgan fingerprint density at radius 1 is 0.902 bits per heavy atom.